The van der Waals surface area contributed by atoms with Crippen molar-refractivity contribution in [1.29, 1.82) is 0 Å². The van der Waals surface area contributed by atoms with E-state index in [0.717, 1.165) is 46.5 Å². The van der Waals surface area contributed by atoms with Gasteiger partial charge in [0.1, 0.15) is 5.75 Å². The molecule has 1 aliphatic heterocycles. The lowest BCUT2D eigenvalue weighted by Crippen LogP contribution is -1.94. The van der Waals surface area contributed by atoms with Gasteiger partial charge in [-0.1, -0.05) is 6.07 Å². The molecule has 0 unspecified atom stereocenters. The molecule has 0 amide bonds. The Labute approximate surface area is 135 Å². The first-order valence-electron chi connectivity index (χ1n) is 8.02. The Morgan fingerprint density at radius 3 is 2.91 bits per heavy atom. The average Bonchev–Trinajstić information content (AvgIpc) is 3.03. The van der Waals surface area contributed by atoms with E-state index in [2.05, 4.69) is 31.2 Å². The van der Waals surface area contributed by atoms with Crippen LogP contribution in [0.1, 0.15) is 16.7 Å². The van der Waals surface area contributed by atoms with Crippen molar-refractivity contribution in [2.75, 3.05) is 13.2 Å². The highest BCUT2D eigenvalue weighted by molar-refractivity contribution is 5.85. The highest BCUT2D eigenvalue weighted by Crippen LogP contribution is 2.31. The van der Waals surface area contributed by atoms with Crippen molar-refractivity contribution >= 4 is 10.9 Å². The van der Waals surface area contributed by atoms with Gasteiger partial charge in [0.25, 0.3) is 0 Å². The van der Waals surface area contributed by atoms with E-state index in [1.54, 1.807) is 0 Å². The van der Waals surface area contributed by atoms with Crippen molar-refractivity contribution < 1.29 is 9.84 Å². The second kappa shape index (κ2) is 5.67. The molecule has 1 aromatic heterocycles. The third-order valence-corrected chi connectivity index (χ3v) is 4.47. The summed E-state index contributed by atoms with van der Waals surface area (Å²) in [6, 6.07) is 14.7. The van der Waals surface area contributed by atoms with Gasteiger partial charge >= 0.3 is 0 Å². The van der Waals surface area contributed by atoms with Crippen molar-refractivity contribution in [2.45, 2.75) is 19.8 Å². The van der Waals surface area contributed by atoms with Crippen LogP contribution in [0, 0.1) is 6.92 Å². The van der Waals surface area contributed by atoms with Crippen molar-refractivity contribution in [3.05, 3.63) is 59.2 Å². The number of rotatable bonds is 3. The fourth-order valence-corrected chi connectivity index (χ4v) is 3.22. The smallest absolute Gasteiger partial charge is 0.122 e. The zero-order valence-corrected chi connectivity index (χ0v) is 13.2. The summed E-state index contributed by atoms with van der Waals surface area (Å²) in [4.78, 5) is 4.83. The fraction of sp³-hybridized carbons (Fsp3) is 0.250. The standard InChI is InChI=1S/C20H19NO2/c1-13-10-19(15-3-5-20-16(12-15)7-9-23-20)21-18-4-2-14(6-8-22)11-17(13)18/h2-5,10-12,22H,6-9H2,1H3. The molecule has 116 valence electrons. The van der Waals surface area contributed by atoms with Gasteiger partial charge in [-0.15, -0.1) is 0 Å². The maximum atomic E-state index is 9.10. The zero-order valence-electron chi connectivity index (χ0n) is 13.2. The largest absolute Gasteiger partial charge is 0.493 e. The Kier molecular flexibility index (Phi) is 3.50. The second-order valence-corrected chi connectivity index (χ2v) is 6.07. The highest BCUT2D eigenvalue weighted by Gasteiger charge is 2.14. The lowest BCUT2D eigenvalue weighted by Gasteiger charge is -2.09. The van der Waals surface area contributed by atoms with E-state index in [0.29, 0.717) is 6.42 Å². The van der Waals surface area contributed by atoms with E-state index < -0.39 is 0 Å². The normalized spacial score (nSPS) is 13.1. The van der Waals surface area contributed by atoms with E-state index in [4.69, 9.17) is 14.8 Å². The first kappa shape index (κ1) is 14.2. The van der Waals surface area contributed by atoms with Gasteiger partial charge in [0.15, 0.2) is 0 Å². The maximum absolute atomic E-state index is 9.10. The number of aliphatic hydroxyl groups is 1. The van der Waals surface area contributed by atoms with Crippen LogP contribution in [0.3, 0.4) is 0 Å². The Hall–Kier alpha value is -2.39. The van der Waals surface area contributed by atoms with Gasteiger partial charge in [-0.2, -0.15) is 0 Å². The van der Waals surface area contributed by atoms with Crippen LogP contribution >= 0.6 is 0 Å². The Morgan fingerprint density at radius 1 is 1.13 bits per heavy atom. The molecule has 0 aliphatic carbocycles. The molecule has 4 rings (SSSR count). The van der Waals surface area contributed by atoms with Crippen molar-refractivity contribution in [3.63, 3.8) is 0 Å². The Morgan fingerprint density at radius 2 is 2.04 bits per heavy atom. The average molecular weight is 305 g/mol. The van der Waals surface area contributed by atoms with Gasteiger partial charge < -0.3 is 9.84 Å². The van der Waals surface area contributed by atoms with Crippen molar-refractivity contribution in [1.82, 2.24) is 4.98 Å². The minimum Gasteiger partial charge on any atom is -0.493 e. The predicted molar refractivity (Wildman–Crippen MR) is 91.9 cm³/mol. The molecule has 0 saturated heterocycles. The minimum atomic E-state index is 0.174. The summed E-state index contributed by atoms with van der Waals surface area (Å²) in [5.41, 5.74) is 6.76. The predicted octanol–water partition coefficient (Wildman–Crippen LogP) is 3.68. The van der Waals surface area contributed by atoms with E-state index in [9.17, 15) is 0 Å². The summed E-state index contributed by atoms with van der Waals surface area (Å²) < 4.78 is 5.58. The SMILES string of the molecule is Cc1cc(-c2ccc3c(c2)CCO3)nc2ccc(CCO)cc12. The Balaban J connectivity index is 1.80. The molecule has 1 aliphatic rings. The molecule has 0 bridgehead atoms. The molecule has 0 fully saturated rings. The molecular weight excluding hydrogens is 286 g/mol. The maximum Gasteiger partial charge on any atom is 0.122 e. The van der Waals surface area contributed by atoms with Gasteiger partial charge in [0.05, 0.1) is 17.8 Å². The molecule has 3 heteroatoms. The number of pyridine rings is 1. The van der Waals surface area contributed by atoms with Crippen LogP contribution in [0.15, 0.2) is 42.5 Å². The van der Waals surface area contributed by atoms with Crippen LogP contribution in [0.2, 0.25) is 0 Å². The number of aliphatic hydroxyl groups excluding tert-OH is 1. The third kappa shape index (κ3) is 2.57. The van der Waals surface area contributed by atoms with Gasteiger partial charge in [-0.05, 0) is 66.4 Å². The van der Waals surface area contributed by atoms with Gasteiger partial charge in [0.2, 0.25) is 0 Å². The molecule has 2 aromatic carbocycles. The van der Waals surface area contributed by atoms with Gasteiger partial charge in [0, 0.05) is 24.0 Å². The number of hydrogen-bond acceptors (Lipinski definition) is 3. The van der Waals surface area contributed by atoms with Crippen LogP contribution in [-0.4, -0.2) is 23.3 Å². The van der Waals surface area contributed by atoms with Crippen LogP contribution in [0.4, 0.5) is 0 Å². The summed E-state index contributed by atoms with van der Waals surface area (Å²) in [6.45, 7) is 3.07. The second-order valence-electron chi connectivity index (χ2n) is 6.07. The van der Waals surface area contributed by atoms with E-state index in [1.807, 2.05) is 18.2 Å². The molecule has 3 nitrogen and oxygen atoms in total. The van der Waals surface area contributed by atoms with Crippen LogP contribution in [0.5, 0.6) is 5.75 Å². The molecule has 0 spiro atoms. The molecule has 0 saturated carbocycles. The summed E-state index contributed by atoms with van der Waals surface area (Å²) >= 11 is 0. The summed E-state index contributed by atoms with van der Waals surface area (Å²) in [6.07, 6.45) is 1.65. The summed E-state index contributed by atoms with van der Waals surface area (Å²) in [5.74, 6) is 1.000. The van der Waals surface area contributed by atoms with Crippen LogP contribution in [-0.2, 0) is 12.8 Å². The molecule has 1 N–H and O–H groups in total. The number of nitrogens with zero attached hydrogens (tertiary/aromatic N) is 1. The lowest BCUT2D eigenvalue weighted by atomic mass is 10.0. The lowest BCUT2D eigenvalue weighted by molar-refractivity contribution is 0.299. The number of aromatic nitrogens is 1. The van der Waals surface area contributed by atoms with Crippen LogP contribution in [0.25, 0.3) is 22.2 Å². The quantitative estimate of drug-likeness (QED) is 0.802. The number of benzene rings is 2. The van der Waals surface area contributed by atoms with Crippen LogP contribution < -0.4 is 4.74 Å². The Bertz CT molecular complexity index is 886. The number of hydrogen-bond donors (Lipinski definition) is 1. The zero-order chi connectivity index (χ0) is 15.8. The van der Waals surface area contributed by atoms with Gasteiger partial charge in [-0.3, -0.25) is 0 Å². The summed E-state index contributed by atoms with van der Waals surface area (Å²) in [7, 11) is 0. The van der Waals surface area contributed by atoms with E-state index in [-0.39, 0.29) is 6.61 Å². The first-order valence-corrected chi connectivity index (χ1v) is 8.02. The molecule has 2 heterocycles. The topological polar surface area (TPSA) is 42.4 Å². The van der Waals surface area contributed by atoms with E-state index in [1.165, 1.54) is 11.1 Å². The molecular formula is C20H19NO2. The highest BCUT2D eigenvalue weighted by atomic mass is 16.5. The van der Waals surface area contributed by atoms with Crippen molar-refractivity contribution in [3.8, 4) is 17.0 Å². The first-order chi connectivity index (χ1) is 11.2. The summed E-state index contributed by atoms with van der Waals surface area (Å²) in [5, 5.41) is 10.3. The molecule has 3 aromatic rings. The fourth-order valence-electron chi connectivity index (χ4n) is 3.22. The van der Waals surface area contributed by atoms with E-state index >= 15 is 0 Å². The number of ether oxygens (including phenoxy) is 1. The minimum absolute atomic E-state index is 0.174. The third-order valence-electron chi connectivity index (χ3n) is 4.47. The monoisotopic (exact) mass is 305 g/mol. The van der Waals surface area contributed by atoms with Gasteiger partial charge in [-0.25, -0.2) is 4.98 Å². The number of aryl methyl sites for hydroxylation is 1. The van der Waals surface area contributed by atoms with Crippen molar-refractivity contribution in [2.24, 2.45) is 0 Å². The molecule has 0 atom stereocenters. The molecule has 0 radical (unpaired) electrons. The molecule has 23 heavy (non-hydrogen) atoms. The number of fused-ring (bicyclic) bond motifs is 2.